The predicted octanol–water partition coefficient (Wildman–Crippen LogP) is 8.30. The van der Waals surface area contributed by atoms with Crippen LogP contribution in [0.1, 0.15) is 142 Å². The Kier molecular flexibility index (Phi) is 22.3. The van der Waals surface area contributed by atoms with Gasteiger partial charge in [0, 0.05) is 6.42 Å². The maximum atomic E-state index is 10.4. The van der Waals surface area contributed by atoms with Gasteiger partial charge in [-0.3, -0.25) is 4.79 Å². The van der Waals surface area contributed by atoms with Crippen molar-refractivity contribution in [2.75, 3.05) is 6.61 Å². The SMILES string of the molecule is CC1CO1.CCCCCCCCCCCCCCCCCCCCCC(=O)O. The van der Waals surface area contributed by atoms with Gasteiger partial charge in [-0.2, -0.15) is 0 Å². The van der Waals surface area contributed by atoms with E-state index in [-0.39, 0.29) is 0 Å². The van der Waals surface area contributed by atoms with Crippen molar-refractivity contribution in [3.05, 3.63) is 0 Å². The summed E-state index contributed by atoms with van der Waals surface area (Å²) >= 11 is 0. The number of carboxylic acid groups (broad SMARTS) is 1. The number of epoxide rings is 1. The van der Waals surface area contributed by atoms with Crippen LogP contribution in [-0.4, -0.2) is 23.8 Å². The molecule has 0 aromatic carbocycles. The molecule has 1 saturated heterocycles. The van der Waals surface area contributed by atoms with Crippen molar-refractivity contribution in [3.8, 4) is 0 Å². The van der Waals surface area contributed by atoms with Crippen LogP contribution in [0.5, 0.6) is 0 Å². The average Bonchev–Trinajstić information content (AvgIpc) is 3.46. The molecular weight excluding hydrogens is 348 g/mol. The number of unbranched alkanes of at least 4 members (excludes halogenated alkanes) is 18. The highest BCUT2D eigenvalue weighted by atomic mass is 16.6. The molecule has 28 heavy (non-hydrogen) atoms. The summed E-state index contributed by atoms with van der Waals surface area (Å²) in [5.74, 6) is -0.651. The molecule has 0 amide bonds. The van der Waals surface area contributed by atoms with Gasteiger partial charge in [-0.05, 0) is 13.3 Å². The summed E-state index contributed by atoms with van der Waals surface area (Å²) in [4.78, 5) is 10.4. The minimum Gasteiger partial charge on any atom is -0.481 e. The first-order chi connectivity index (χ1) is 13.7. The molecule has 0 saturated carbocycles. The summed E-state index contributed by atoms with van der Waals surface area (Å²) in [5, 5.41) is 8.56. The normalized spacial score (nSPS) is 15.1. The second-order valence-corrected chi connectivity index (χ2v) is 8.65. The van der Waals surface area contributed by atoms with Crippen molar-refractivity contribution in [1.82, 2.24) is 0 Å². The molecule has 3 nitrogen and oxygen atoms in total. The quantitative estimate of drug-likeness (QED) is 0.166. The zero-order valence-electron chi connectivity index (χ0n) is 19.2. The van der Waals surface area contributed by atoms with Gasteiger partial charge in [-0.1, -0.05) is 122 Å². The Bertz CT molecular complexity index is 313. The lowest BCUT2D eigenvalue weighted by Gasteiger charge is -2.03. The van der Waals surface area contributed by atoms with E-state index in [4.69, 9.17) is 9.84 Å². The van der Waals surface area contributed by atoms with Gasteiger partial charge in [0.25, 0.3) is 0 Å². The third-order valence-electron chi connectivity index (χ3n) is 5.49. The Morgan fingerprint density at radius 3 is 1.14 bits per heavy atom. The summed E-state index contributed by atoms with van der Waals surface area (Å²) in [7, 11) is 0. The molecule has 1 rings (SSSR count). The zero-order valence-corrected chi connectivity index (χ0v) is 19.2. The number of hydrogen-bond donors (Lipinski definition) is 1. The lowest BCUT2D eigenvalue weighted by Crippen LogP contribution is -1.93. The molecule has 0 bridgehead atoms. The third-order valence-corrected chi connectivity index (χ3v) is 5.49. The lowest BCUT2D eigenvalue weighted by molar-refractivity contribution is -0.137. The molecule has 1 atom stereocenters. The number of carbonyl (C=O) groups is 1. The summed E-state index contributed by atoms with van der Waals surface area (Å²) in [6, 6.07) is 0. The molecule has 168 valence electrons. The second-order valence-electron chi connectivity index (χ2n) is 8.65. The van der Waals surface area contributed by atoms with E-state index in [0.717, 1.165) is 19.4 Å². The number of ether oxygens (including phenoxy) is 1. The van der Waals surface area contributed by atoms with Gasteiger partial charge in [0.15, 0.2) is 0 Å². The Morgan fingerprint density at radius 2 is 0.929 bits per heavy atom. The van der Waals surface area contributed by atoms with Crippen LogP contribution in [0, 0.1) is 0 Å². The van der Waals surface area contributed by atoms with E-state index >= 15 is 0 Å². The molecule has 3 heteroatoms. The number of aliphatic carboxylic acids is 1. The molecule has 0 aromatic heterocycles. The number of hydrogen-bond acceptors (Lipinski definition) is 2. The van der Waals surface area contributed by atoms with E-state index in [1.807, 2.05) is 0 Å². The summed E-state index contributed by atoms with van der Waals surface area (Å²) in [5.41, 5.74) is 0. The molecule has 1 aliphatic heterocycles. The monoisotopic (exact) mass is 398 g/mol. The van der Waals surface area contributed by atoms with Crippen LogP contribution in [0.2, 0.25) is 0 Å². The fourth-order valence-corrected chi connectivity index (χ4v) is 3.45. The average molecular weight is 399 g/mol. The highest BCUT2D eigenvalue weighted by molar-refractivity contribution is 5.66. The minimum absolute atomic E-state index is 0.346. The summed E-state index contributed by atoms with van der Waals surface area (Å²) < 4.78 is 4.71. The van der Waals surface area contributed by atoms with Crippen LogP contribution < -0.4 is 0 Å². The molecule has 1 heterocycles. The van der Waals surface area contributed by atoms with Crippen LogP contribution in [0.15, 0.2) is 0 Å². The maximum absolute atomic E-state index is 10.4. The van der Waals surface area contributed by atoms with Crippen molar-refractivity contribution >= 4 is 5.97 Å². The van der Waals surface area contributed by atoms with Gasteiger partial charge in [0.2, 0.25) is 0 Å². The van der Waals surface area contributed by atoms with E-state index < -0.39 is 5.97 Å². The highest BCUT2D eigenvalue weighted by Gasteiger charge is 2.13. The van der Waals surface area contributed by atoms with Crippen molar-refractivity contribution in [2.45, 2.75) is 148 Å². The first-order valence-electron chi connectivity index (χ1n) is 12.5. The van der Waals surface area contributed by atoms with E-state index in [2.05, 4.69) is 13.8 Å². The Labute approximate surface area is 176 Å². The molecule has 1 fully saturated rings. The maximum Gasteiger partial charge on any atom is 0.303 e. The van der Waals surface area contributed by atoms with E-state index in [9.17, 15) is 4.79 Å². The van der Waals surface area contributed by atoms with Gasteiger partial charge >= 0.3 is 5.97 Å². The van der Waals surface area contributed by atoms with Gasteiger partial charge in [-0.15, -0.1) is 0 Å². The first-order valence-corrected chi connectivity index (χ1v) is 12.5. The van der Waals surface area contributed by atoms with E-state index in [1.165, 1.54) is 109 Å². The lowest BCUT2D eigenvalue weighted by atomic mass is 10.0. The van der Waals surface area contributed by atoms with Crippen molar-refractivity contribution < 1.29 is 14.6 Å². The molecule has 0 aromatic rings. The molecule has 1 unspecified atom stereocenters. The van der Waals surface area contributed by atoms with Crippen molar-refractivity contribution in [1.29, 1.82) is 0 Å². The molecular formula is C25H50O3. The smallest absolute Gasteiger partial charge is 0.303 e. The van der Waals surface area contributed by atoms with E-state index in [0.29, 0.717) is 12.5 Å². The predicted molar refractivity (Wildman–Crippen MR) is 121 cm³/mol. The minimum atomic E-state index is -0.651. The van der Waals surface area contributed by atoms with Gasteiger partial charge < -0.3 is 9.84 Å². The first kappa shape index (κ1) is 27.4. The van der Waals surface area contributed by atoms with E-state index in [1.54, 1.807) is 0 Å². The van der Waals surface area contributed by atoms with Gasteiger partial charge in [0.1, 0.15) is 0 Å². The van der Waals surface area contributed by atoms with Gasteiger partial charge in [0.05, 0.1) is 12.7 Å². The second kappa shape index (κ2) is 22.7. The topological polar surface area (TPSA) is 49.8 Å². The highest BCUT2D eigenvalue weighted by Crippen LogP contribution is 2.14. The van der Waals surface area contributed by atoms with Crippen LogP contribution in [0.4, 0.5) is 0 Å². The van der Waals surface area contributed by atoms with Crippen LogP contribution >= 0.6 is 0 Å². The fraction of sp³-hybridized carbons (Fsp3) is 0.960. The Hall–Kier alpha value is -0.570. The summed E-state index contributed by atoms with van der Waals surface area (Å²) in [6.07, 6.45) is 26.7. The zero-order chi connectivity index (χ0) is 20.7. The Balaban J connectivity index is 0.00000160. The third kappa shape index (κ3) is 27.6. The Morgan fingerprint density at radius 1 is 0.679 bits per heavy atom. The molecule has 0 radical (unpaired) electrons. The molecule has 1 N–H and O–H groups in total. The largest absolute Gasteiger partial charge is 0.481 e. The number of carboxylic acids is 1. The van der Waals surface area contributed by atoms with Crippen molar-refractivity contribution in [2.24, 2.45) is 0 Å². The fourth-order valence-electron chi connectivity index (χ4n) is 3.45. The van der Waals surface area contributed by atoms with Crippen LogP contribution in [0.3, 0.4) is 0 Å². The summed E-state index contributed by atoms with van der Waals surface area (Å²) in [6.45, 7) is 5.32. The molecule has 0 aliphatic carbocycles. The van der Waals surface area contributed by atoms with Crippen LogP contribution in [0.25, 0.3) is 0 Å². The molecule has 0 spiro atoms. The molecule has 1 aliphatic rings. The van der Waals surface area contributed by atoms with Crippen LogP contribution in [-0.2, 0) is 9.53 Å². The standard InChI is InChI=1S/C22H44O2.C3H6O/c1-2-3-4-5-6-7-8-9-10-11-12-13-14-15-16-17-18-19-20-21-22(23)24;1-3-2-4-3/h2-21H2,1H3,(H,23,24);3H,2H2,1H3. The van der Waals surface area contributed by atoms with Crippen molar-refractivity contribution in [3.63, 3.8) is 0 Å². The number of rotatable bonds is 20. The van der Waals surface area contributed by atoms with Gasteiger partial charge in [-0.25, -0.2) is 0 Å².